The average Bonchev–Trinajstić information content (AvgIpc) is 3.37. The molecule has 0 spiro atoms. The van der Waals surface area contributed by atoms with Crippen LogP contribution in [0.15, 0.2) is 71.5 Å². The van der Waals surface area contributed by atoms with Crippen molar-refractivity contribution in [3.63, 3.8) is 0 Å². The lowest BCUT2D eigenvalue weighted by Gasteiger charge is -2.30. The van der Waals surface area contributed by atoms with E-state index in [0.717, 1.165) is 5.69 Å². The number of aromatic nitrogens is 1. The zero-order chi connectivity index (χ0) is 20.8. The van der Waals surface area contributed by atoms with Crippen LogP contribution in [0.3, 0.4) is 0 Å². The van der Waals surface area contributed by atoms with Crippen LogP contribution in [-0.2, 0) is 24.9 Å². The second-order valence-electron chi connectivity index (χ2n) is 7.33. The molecule has 1 aromatic carbocycles. The second kappa shape index (κ2) is 9.28. The first-order valence-corrected chi connectivity index (χ1v) is 9.72. The summed E-state index contributed by atoms with van der Waals surface area (Å²) in [5.74, 6) is 0.435. The maximum Gasteiger partial charge on any atom is 0.254 e. The minimum absolute atomic E-state index is 0.0104. The third-order valence-corrected chi connectivity index (χ3v) is 4.89. The molecule has 0 saturated carbocycles. The summed E-state index contributed by atoms with van der Waals surface area (Å²) < 4.78 is 7.44. The highest BCUT2D eigenvalue weighted by atomic mass is 16.3. The molecule has 0 atom stereocenters. The van der Waals surface area contributed by atoms with Crippen LogP contribution in [0.2, 0.25) is 0 Å². The van der Waals surface area contributed by atoms with E-state index in [4.69, 9.17) is 4.42 Å². The zero-order valence-electron chi connectivity index (χ0n) is 17.1. The van der Waals surface area contributed by atoms with Crippen molar-refractivity contribution in [3.05, 3.63) is 84.1 Å². The third kappa shape index (κ3) is 5.16. The molecule has 0 fully saturated rings. The summed E-state index contributed by atoms with van der Waals surface area (Å²) in [5, 5.41) is 0. The summed E-state index contributed by atoms with van der Waals surface area (Å²) in [7, 11) is 1.95. The maximum absolute atomic E-state index is 13.2. The number of furan rings is 1. The van der Waals surface area contributed by atoms with Crippen molar-refractivity contribution in [2.45, 2.75) is 33.0 Å². The van der Waals surface area contributed by atoms with Crippen LogP contribution >= 0.6 is 0 Å². The van der Waals surface area contributed by atoms with Gasteiger partial charge in [0, 0.05) is 30.5 Å². The molecule has 152 valence electrons. The highest BCUT2D eigenvalue weighted by Crippen LogP contribution is 2.14. The van der Waals surface area contributed by atoms with Gasteiger partial charge in [0.25, 0.3) is 5.91 Å². The van der Waals surface area contributed by atoms with Crippen molar-refractivity contribution in [2.75, 3.05) is 6.54 Å². The lowest BCUT2D eigenvalue weighted by Crippen LogP contribution is -2.45. The number of amides is 2. The molecule has 0 N–H and O–H groups in total. The summed E-state index contributed by atoms with van der Waals surface area (Å²) in [6, 6.07) is 16.5. The van der Waals surface area contributed by atoms with Crippen LogP contribution in [0, 0.1) is 0 Å². The minimum Gasteiger partial charge on any atom is -0.467 e. The Morgan fingerprint density at radius 2 is 1.76 bits per heavy atom. The lowest BCUT2D eigenvalue weighted by atomic mass is 10.1. The first kappa shape index (κ1) is 20.5. The van der Waals surface area contributed by atoms with Gasteiger partial charge in [0.15, 0.2) is 0 Å². The van der Waals surface area contributed by atoms with Gasteiger partial charge in [-0.2, -0.15) is 0 Å². The molecule has 0 aliphatic rings. The molecule has 6 heteroatoms. The van der Waals surface area contributed by atoms with Gasteiger partial charge in [0.1, 0.15) is 12.3 Å². The molecule has 0 bridgehead atoms. The molecular formula is C23H27N3O3. The Labute approximate surface area is 171 Å². The molecule has 0 saturated heterocycles. The lowest BCUT2D eigenvalue weighted by molar-refractivity contribution is -0.133. The predicted molar refractivity (Wildman–Crippen MR) is 111 cm³/mol. The Hall–Kier alpha value is -3.28. The monoisotopic (exact) mass is 393 g/mol. The molecule has 0 aliphatic carbocycles. The number of aryl methyl sites for hydroxylation is 1. The van der Waals surface area contributed by atoms with E-state index in [1.807, 2.05) is 68.1 Å². The standard InChI is InChI=1S/C23H27N3O3/c1-18(2)26(23(28)19-9-5-4-6-10-19)17-22(27)25(16-21-12-8-14-29-21)15-20-11-7-13-24(20)3/h4-14,18H,15-17H2,1-3H3. The summed E-state index contributed by atoms with van der Waals surface area (Å²) in [6.45, 7) is 4.64. The fraction of sp³-hybridized carbons (Fsp3) is 0.304. The highest BCUT2D eigenvalue weighted by Gasteiger charge is 2.25. The Kier molecular flexibility index (Phi) is 6.54. The highest BCUT2D eigenvalue weighted by molar-refractivity contribution is 5.96. The number of carbonyl (C=O) groups is 2. The topological polar surface area (TPSA) is 58.7 Å². The van der Waals surface area contributed by atoms with Gasteiger partial charge in [-0.3, -0.25) is 9.59 Å². The molecule has 0 unspecified atom stereocenters. The van der Waals surface area contributed by atoms with Gasteiger partial charge in [0.2, 0.25) is 5.91 Å². The molecule has 3 rings (SSSR count). The van der Waals surface area contributed by atoms with E-state index in [-0.39, 0.29) is 24.4 Å². The van der Waals surface area contributed by atoms with E-state index in [2.05, 4.69) is 0 Å². The van der Waals surface area contributed by atoms with Crippen molar-refractivity contribution >= 4 is 11.8 Å². The van der Waals surface area contributed by atoms with Crippen molar-refractivity contribution in [1.29, 1.82) is 0 Å². The van der Waals surface area contributed by atoms with E-state index < -0.39 is 0 Å². The molecule has 2 aromatic heterocycles. The van der Waals surface area contributed by atoms with Gasteiger partial charge in [-0.15, -0.1) is 0 Å². The van der Waals surface area contributed by atoms with E-state index >= 15 is 0 Å². The SMILES string of the molecule is CC(C)N(CC(=O)N(Cc1ccco1)Cc1cccn1C)C(=O)c1ccccc1. The fourth-order valence-electron chi connectivity index (χ4n) is 3.16. The Bertz CT molecular complexity index is 929. The average molecular weight is 393 g/mol. The van der Waals surface area contributed by atoms with Crippen LogP contribution in [0.4, 0.5) is 0 Å². The second-order valence-corrected chi connectivity index (χ2v) is 7.33. The molecule has 29 heavy (non-hydrogen) atoms. The molecule has 0 aliphatic heterocycles. The Morgan fingerprint density at radius 1 is 1.00 bits per heavy atom. The fourth-order valence-corrected chi connectivity index (χ4v) is 3.16. The molecule has 2 heterocycles. The van der Waals surface area contributed by atoms with Crippen LogP contribution in [0.1, 0.15) is 35.7 Å². The summed E-state index contributed by atoms with van der Waals surface area (Å²) in [5.41, 5.74) is 1.59. The zero-order valence-corrected chi connectivity index (χ0v) is 17.1. The number of benzene rings is 1. The van der Waals surface area contributed by atoms with E-state index in [0.29, 0.717) is 24.4 Å². The Balaban J connectivity index is 1.79. The van der Waals surface area contributed by atoms with Crippen molar-refractivity contribution < 1.29 is 14.0 Å². The predicted octanol–water partition coefficient (Wildman–Crippen LogP) is 3.70. The van der Waals surface area contributed by atoms with Crippen molar-refractivity contribution in [2.24, 2.45) is 7.05 Å². The van der Waals surface area contributed by atoms with Gasteiger partial charge in [-0.05, 0) is 50.2 Å². The molecule has 2 amide bonds. The van der Waals surface area contributed by atoms with Crippen LogP contribution < -0.4 is 0 Å². The van der Waals surface area contributed by atoms with Crippen LogP contribution in [0.5, 0.6) is 0 Å². The van der Waals surface area contributed by atoms with Crippen LogP contribution in [0.25, 0.3) is 0 Å². The van der Waals surface area contributed by atoms with E-state index in [1.54, 1.807) is 34.3 Å². The number of hydrogen-bond donors (Lipinski definition) is 0. The van der Waals surface area contributed by atoms with Gasteiger partial charge in [-0.1, -0.05) is 18.2 Å². The molecule has 6 nitrogen and oxygen atoms in total. The summed E-state index contributed by atoms with van der Waals surface area (Å²) in [4.78, 5) is 29.5. The quantitative estimate of drug-likeness (QED) is 0.586. The maximum atomic E-state index is 13.2. The minimum atomic E-state index is -0.147. The number of rotatable bonds is 8. The summed E-state index contributed by atoms with van der Waals surface area (Å²) >= 11 is 0. The summed E-state index contributed by atoms with van der Waals surface area (Å²) in [6.07, 6.45) is 3.55. The third-order valence-electron chi connectivity index (χ3n) is 4.89. The number of carbonyl (C=O) groups excluding carboxylic acids is 2. The normalized spacial score (nSPS) is 10.9. The smallest absolute Gasteiger partial charge is 0.254 e. The van der Waals surface area contributed by atoms with E-state index in [9.17, 15) is 9.59 Å². The van der Waals surface area contributed by atoms with Crippen molar-refractivity contribution in [3.8, 4) is 0 Å². The molecular weight excluding hydrogens is 366 g/mol. The van der Waals surface area contributed by atoms with Gasteiger partial charge in [0.05, 0.1) is 19.4 Å². The van der Waals surface area contributed by atoms with Gasteiger partial charge in [-0.25, -0.2) is 0 Å². The molecule has 0 radical (unpaired) electrons. The van der Waals surface area contributed by atoms with Gasteiger partial charge < -0.3 is 18.8 Å². The largest absolute Gasteiger partial charge is 0.467 e. The molecule has 3 aromatic rings. The van der Waals surface area contributed by atoms with E-state index in [1.165, 1.54) is 0 Å². The first-order chi connectivity index (χ1) is 14.0. The Morgan fingerprint density at radius 3 is 2.34 bits per heavy atom. The first-order valence-electron chi connectivity index (χ1n) is 9.72. The van der Waals surface area contributed by atoms with Crippen molar-refractivity contribution in [1.82, 2.24) is 14.4 Å². The van der Waals surface area contributed by atoms with Gasteiger partial charge >= 0.3 is 0 Å². The van der Waals surface area contributed by atoms with Crippen LogP contribution in [-0.4, -0.2) is 38.8 Å². The number of hydrogen-bond acceptors (Lipinski definition) is 3. The number of nitrogens with zero attached hydrogens (tertiary/aromatic N) is 3.